The van der Waals surface area contributed by atoms with E-state index in [-0.39, 0.29) is 55.9 Å². The summed E-state index contributed by atoms with van der Waals surface area (Å²) >= 11 is 7.28. The van der Waals surface area contributed by atoms with Crippen molar-refractivity contribution in [2.24, 2.45) is 0 Å². The molecule has 0 spiro atoms. The number of rotatable bonds is 7. The molecule has 2 aliphatic rings. The van der Waals surface area contributed by atoms with E-state index >= 15 is 4.39 Å². The largest absolute Gasteiger partial charge is 0.477 e. The minimum absolute atomic E-state index is 0.00496. The molecule has 14 heteroatoms. The molecule has 0 bridgehead atoms. The number of nitrogens with zero attached hydrogens (tertiary/aromatic N) is 6. The van der Waals surface area contributed by atoms with E-state index < -0.39 is 23.0 Å². The van der Waals surface area contributed by atoms with Crippen LogP contribution < -0.4 is 10.3 Å². The lowest BCUT2D eigenvalue weighted by Crippen LogP contribution is -2.49. The number of pyridine rings is 1. The van der Waals surface area contributed by atoms with E-state index in [9.17, 15) is 29.1 Å². The van der Waals surface area contributed by atoms with Crippen LogP contribution in [0.2, 0.25) is 5.15 Å². The van der Waals surface area contributed by atoms with E-state index in [2.05, 4.69) is 9.97 Å². The molecule has 0 radical (unpaired) electrons. The summed E-state index contributed by atoms with van der Waals surface area (Å²) in [4.78, 5) is 49.4. The zero-order chi connectivity index (χ0) is 31.1. The van der Waals surface area contributed by atoms with Gasteiger partial charge in [-0.1, -0.05) is 23.4 Å². The molecule has 1 saturated heterocycles. The van der Waals surface area contributed by atoms with Crippen molar-refractivity contribution in [3.05, 3.63) is 80.7 Å². The highest BCUT2D eigenvalue weighted by Crippen LogP contribution is 2.38. The summed E-state index contributed by atoms with van der Waals surface area (Å²) in [6.07, 6.45) is 3.03. The monoisotopic (exact) mass is 636 g/mol. The van der Waals surface area contributed by atoms with Gasteiger partial charge in [-0.2, -0.15) is 5.26 Å². The Labute approximate surface area is 258 Å². The number of carbonyl (C=O) groups excluding carboxylic acids is 1. The van der Waals surface area contributed by atoms with Gasteiger partial charge in [-0.3, -0.25) is 9.59 Å². The molecule has 1 saturated carbocycles. The average molecular weight is 637 g/mol. The number of aromatic carboxylic acids is 1. The molecule has 224 valence electrons. The number of nitriles is 1. The van der Waals surface area contributed by atoms with Crippen LogP contribution in [-0.2, 0) is 4.79 Å². The summed E-state index contributed by atoms with van der Waals surface area (Å²) in [6.45, 7) is 1.32. The number of amides is 1. The van der Waals surface area contributed by atoms with Crippen molar-refractivity contribution in [1.29, 1.82) is 5.26 Å². The van der Waals surface area contributed by atoms with Gasteiger partial charge in [0.15, 0.2) is 10.3 Å². The van der Waals surface area contributed by atoms with Crippen molar-refractivity contribution in [2.75, 3.05) is 36.8 Å². The maximum atomic E-state index is 15.3. The minimum atomic E-state index is -1.35. The smallest absolute Gasteiger partial charge is 0.341 e. The number of halogens is 3. The van der Waals surface area contributed by atoms with Gasteiger partial charge in [0, 0.05) is 49.4 Å². The van der Waals surface area contributed by atoms with Crippen molar-refractivity contribution in [3.63, 3.8) is 0 Å². The van der Waals surface area contributed by atoms with Crippen molar-refractivity contribution in [1.82, 2.24) is 19.4 Å². The molecule has 1 aliphatic heterocycles. The van der Waals surface area contributed by atoms with E-state index in [0.29, 0.717) is 37.3 Å². The second kappa shape index (κ2) is 11.9. The molecular formula is C30H23ClF2N6O4S. The fourth-order valence-corrected chi connectivity index (χ4v) is 6.23. The topological polar surface area (TPSA) is 132 Å². The summed E-state index contributed by atoms with van der Waals surface area (Å²) in [6, 6.07) is 10.2. The summed E-state index contributed by atoms with van der Waals surface area (Å²) in [5, 5.41) is 19.1. The zero-order valence-corrected chi connectivity index (χ0v) is 24.5. The Morgan fingerprint density at radius 1 is 1.09 bits per heavy atom. The molecule has 3 heterocycles. The molecule has 4 aromatic rings. The molecule has 0 unspecified atom stereocenters. The van der Waals surface area contributed by atoms with Gasteiger partial charge in [-0.25, -0.2) is 23.5 Å². The first-order valence-electron chi connectivity index (χ1n) is 13.7. The maximum absolute atomic E-state index is 15.3. The van der Waals surface area contributed by atoms with Gasteiger partial charge in [-0.05, 0) is 49.2 Å². The molecule has 10 nitrogen and oxygen atoms in total. The van der Waals surface area contributed by atoms with E-state index in [1.54, 1.807) is 20.4 Å². The van der Waals surface area contributed by atoms with Crippen LogP contribution in [-0.4, -0.2) is 68.3 Å². The first-order valence-corrected chi connectivity index (χ1v) is 15.0. The zero-order valence-electron chi connectivity index (χ0n) is 23.0. The molecular weight excluding hydrogens is 614 g/mol. The summed E-state index contributed by atoms with van der Waals surface area (Å²) < 4.78 is 30.5. The number of thioether (sulfide) groups is 1. The SMILES string of the molecule is N#Cc1c(Cl)nc(SCC(=O)N2CCN(c3cc4c(cc3F)c(=O)c(C(=O)O)cn4C3CC3)CC2)nc1-c1ccc(F)cc1. The fourth-order valence-electron chi connectivity index (χ4n) is 5.22. The van der Waals surface area contributed by atoms with Crippen molar-refractivity contribution in [2.45, 2.75) is 24.0 Å². The summed E-state index contributed by atoms with van der Waals surface area (Å²) in [5.41, 5.74) is 0.415. The lowest BCUT2D eigenvalue weighted by molar-refractivity contribution is -0.128. The van der Waals surface area contributed by atoms with Crippen molar-refractivity contribution < 1.29 is 23.5 Å². The van der Waals surface area contributed by atoms with Crippen LogP contribution in [0.15, 0.2) is 52.5 Å². The lowest BCUT2D eigenvalue weighted by Gasteiger charge is -2.36. The number of carboxylic acids is 1. The van der Waals surface area contributed by atoms with Crippen molar-refractivity contribution >= 4 is 51.8 Å². The van der Waals surface area contributed by atoms with Crippen molar-refractivity contribution in [3.8, 4) is 17.3 Å². The van der Waals surface area contributed by atoms with Gasteiger partial charge in [0.1, 0.15) is 28.8 Å². The Hall–Kier alpha value is -4.54. The second-order valence-corrected chi connectivity index (χ2v) is 11.7. The lowest BCUT2D eigenvalue weighted by atomic mass is 10.1. The third-order valence-electron chi connectivity index (χ3n) is 7.64. The molecule has 1 amide bonds. The quantitative estimate of drug-likeness (QED) is 0.174. The normalized spacial score (nSPS) is 15.0. The van der Waals surface area contributed by atoms with Crippen LogP contribution in [0.4, 0.5) is 14.5 Å². The molecule has 2 aromatic carbocycles. The Kier molecular flexibility index (Phi) is 7.96. The number of benzene rings is 2. The van der Waals surface area contributed by atoms with E-state index in [1.807, 2.05) is 6.07 Å². The average Bonchev–Trinajstić information content (AvgIpc) is 3.86. The number of carboxylic acid groups (broad SMARTS) is 1. The van der Waals surface area contributed by atoms with E-state index in [1.165, 1.54) is 30.5 Å². The first-order chi connectivity index (χ1) is 21.1. The second-order valence-electron chi connectivity index (χ2n) is 10.4. The third-order valence-corrected chi connectivity index (χ3v) is 8.75. The Bertz CT molecular complexity index is 1920. The number of piperazine rings is 1. The Balaban J connectivity index is 1.15. The van der Waals surface area contributed by atoms with E-state index in [4.69, 9.17) is 11.6 Å². The van der Waals surface area contributed by atoms with Gasteiger partial charge in [0.25, 0.3) is 0 Å². The summed E-state index contributed by atoms with van der Waals surface area (Å²) in [5.74, 6) is -2.62. The van der Waals surface area contributed by atoms with Gasteiger partial charge in [0.05, 0.1) is 22.7 Å². The van der Waals surface area contributed by atoms with E-state index in [0.717, 1.165) is 30.7 Å². The summed E-state index contributed by atoms with van der Waals surface area (Å²) in [7, 11) is 0. The number of fused-ring (bicyclic) bond motifs is 1. The predicted molar refractivity (Wildman–Crippen MR) is 160 cm³/mol. The molecule has 1 aliphatic carbocycles. The number of hydrogen-bond donors (Lipinski definition) is 1. The Morgan fingerprint density at radius 2 is 1.80 bits per heavy atom. The molecule has 2 aromatic heterocycles. The highest BCUT2D eigenvalue weighted by Gasteiger charge is 2.29. The molecule has 6 rings (SSSR count). The van der Waals surface area contributed by atoms with Gasteiger partial charge in [-0.15, -0.1) is 0 Å². The first kappa shape index (κ1) is 29.5. The van der Waals surface area contributed by atoms with Crippen LogP contribution in [0.5, 0.6) is 0 Å². The predicted octanol–water partition coefficient (Wildman–Crippen LogP) is 4.74. The van der Waals surface area contributed by atoms with Crippen LogP contribution in [0, 0.1) is 23.0 Å². The van der Waals surface area contributed by atoms with Crippen LogP contribution in [0.3, 0.4) is 0 Å². The van der Waals surface area contributed by atoms with Gasteiger partial charge < -0.3 is 19.5 Å². The van der Waals surface area contributed by atoms with Gasteiger partial charge in [0.2, 0.25) is 11.3 Å². The molecule has 2 fully saturated rings. The molecule has 1 N–H and O–H groups in total. The highest BCUT2D eigenvalue weighted by atomic mass is 35.5. The Morgan fingerprint density at radius 3 is 2.43 bits per heavy atom. The standard InChI is InChI=1S/C30H23ClF2N6O4S/c31-28-20(13-34)26(16-1-3-17(32)4-2-16)35-30(36-28)44-15-25(40)38-9-7-37(8-10-38)24-12-23-19(11-22(24)33)27(41)21(29(42)43)14-39(23)18-5-6-18/h1-4,11-12,14,18H,5-10,15H2,(H,42,43). The number of carbonyl (C=O) groups is 2. The van der Waals surface area contributed by atoms with Crippen LogP contribution >= 0.6 is 23.4 Å². The van der Waals surface area contributed by atoms with Crippen LogP contribution in [0.25, 0.3) is 22.2 Å². The number of hydrogen-bond acceptors (Lipinski definition) is 8. The fraction of sp³-hybridized carbons (Fsp3) is 0.267. The maximum Gasteiger partial charge on any atom is 0.341 e. The molecule has 0 atom stereocenters. The number of aromatic nitrogens is 3. The van der Waals surface area contributed by atoms with Gasteiger partial charge >= 0.3 is 5.97 Å². The molecule has 44 heavy (non-hydrogen) atoms. The number of anilines is 1. The highest BCUT2D eigenvalue weighted by molar-refractivity contribution is 7.99. The third kappa shape index (κ3) is 5.70. The van der Waals surface area contributed by atoms with Crippen LogP contribution in [0.1, 0.15) is 34.8 Å². The minimum Gasteiger partial charge on any atom is -0.477 e.